The molecule has 15 heavy (non-hydrogen) atoms. The molecule has 0 amide bonds. The molecule has 4 heteroatoms. The Morgan fingerprint density at radius 2 is 2.20 bits per heavy atom. The highest BCUT2D eigenvalue weighted by atomic mass is 35.5. The first-order valence-corrected chi connectivity index (χ1v) is 5.44. The molecule has 1 aliphatic rings. The third kappa shape index (κ3) is 2.41. The van der Waals surface area contributed by atoms with Crippen LogP contribution in [0, 0.1) is 5.82 Å². The second-order valence-corrected chi connectivity index (χ2v) is 4.31. The average Bonchev–Trinajstić information content (AvgIpc) is 2.58. The Labute approximate surface area is 93.1 Å². The molecule has 2 N–H and O–H groups in total. The molecule has 82 valence electrons. The van der Waals surface area contributed by atoms with Gasteiger partial charge in [-0.1, -0.05) is 11.6 Å². The Kier molecular flexibility index (Phi) is 3.12. The summed E-state index contributed by atoms with van der Waals surface area (Å²) in [6.45, 7) is 0. The molecule has 1 saturated carbocycles. The van der Waals surface area contributed by atoms with Gasteiger partial charge < -0.3 is 10.4 Å². The molecule has 0 saturated heterocycles. The van der Waals surface area contributed by atoms with E-state index >= 15 is 0 Å². The van der Waals surface area contributed by atoms with Gasteiger partial charge in [0.2, 0.25) is 0 Å². The molecule has 1 aromatic carbocycles. The van der Waals surface area contributed by atoms with Crippen LogP contribution in [0.5, 0.6) is 0 Å². The van der Waals surface area contributed by atoms with Crippen molar-refractivity contribution in [3.8, 4) is 0 Å². The summed E-state index contributed by atoms with van der Waals surface area (Å²) in [5.74, 6) is -0.335. The number of aliphatic hydroxyl groups is 1. The van der Waals surface area contributed by atoms with E-state index in [-0.39, 0.29) is 18.0 Å². The van der Waals surface area contributed by atoms with Crippen LogP contribution in [0.25, 0.3) is 0 Å². The number of anilines is 1. The Bertz CT molecular complexity index is 358. The third-order valence-corrected chi connectivity index (χ3v) is 2.98. The van der Waals surface area contributed by atoms with E-state index in [1.54, 1.807) is 6.07 Å². The number of nitrogens with one attached hydrogen (secondary N) is 1. The number of hydrogen-bond acceptors (Lipinski definition) is 2. The Morgan fingerprint density at radius 3 is 2.87 bits per heavy atom. The van der Waals surface area contributed by atoms with Gasteiger partial charge in [0.25, 0.3) is 0 Å². The van der Waals surface area contributed by atoms with Gasteiger partial charge >= 0.3 is 0 Å². The Hall–Kier alpha value is -0.800. The van der Waals surface area contributed by atoms with Gasteiger partial charge in [-0.2, -0.15) is 0 Å². The van der Waals surface area contributed by atoms with Crippen LogP contribution < -0.4 is 5.32 Å². The molecule has 1 aliphatic carbocycles. The largest absolute Gasteiger partial charge is 0.391 e. The predicted octanol–water partition coefficient (Wildman–Crippen LogP) is 2.80. The number of halogens is 2. The molecule has 1 aromatic rings. The lowest BCUT2D eigenvalue weighted by atomic mass is 10.2. The molecule has 0 unspecified atom stereocenters. The highest BCUT2D eigenvalue weighted by Crippen LogP contribution is 2.26. The highest BCUT2D eigenvalue weighted by Gasteiger charge is 2.25. The number of aliphatic hydroxyl groups excluding tert-OH is 1. The monoisotopic (exact) mass is 229 g/mol. The molecule has 0 spiro atoms. The van der Waals surface area contributed by atoms with Crippen molar-refractivity contribution in [2.24, 2.45) is 0 Å². The second kappa shape index (κ2) is 4.37. The van der Waals surface area contributed by atoms with E-state index in [0.29, 0.717) is 10.7 Å². The summed E-state index contributed by atoms with van der Waals surface area (Å²) >= 11 is 5.77. The zero-order chi connectivity index (χ0) is 10.8. The summed E-state index contributed by atoms with van der Waals surface area (Å²) in [7, 11) is 0. The van der Waals surface area contributed by atoms with Crippen LogP contribution in [-0.2, 0) is 0 Å². The minimum absolute atomic E-state index is 0.0574. The summed E-state index contributed by atoms with van der Waals surface area (Å²) < 4.78 is 13.3. The Balaban J connectivity index is 2.12. The van der Waals surface area contributed by atoms with Crippen LogP contribution in [0.3, 0.4) is 0 Å². The smallest absolute Gasteiger partial charge is 0.146 e. The molecule has 2 atom stereocenters. The van der Waals surface area contributed by atoms with Crippen molar-refractivity contribution in [3.05, 3.63) is 29.0 Å². The quantitative estimate of drug-likeness (QED) is 0.818. The molecule has 2 nitrogen and oxygen atoms in total. The van der Waals surface area contributed by atoms with Crippen LogP contribution in [0.1, 0.15) is 19.3 Å². The van der Waals surface area contributed by atoms with E-state index in [9.17, 15) is 9.50 Å². The number of rotatable bonds is 2. The lowest BCUT2D eigenvalue weighted by molar-refractivity contribution is 0.171. The SMILES string of the molecule is O[C@H]1CCC[C@@H]1Nc1cc(Cl)ccc1F. The summed E-state index contributed by atoms with van der Waals surface area (Å²) in [4.78, 5) is 0. The van der Waals surface area contributed by atoms with E-state index in [2.05, 4.69) is 5.32 Å². The highest BCUT2D eigenvalue weighted by molar-refractivity contribution is 6.30. The molecule has 0 radical (unpaired) electrons. The van der Waals surface area contributed by atoms with Crippen LogP contribution in [0.4, 0.5) is 10.1 Å². The van der Waals surface area contributed by atoms with E-state index in [1.165, 1.54) is 12.1 Å². The van der Waals surface area contributed by atoms with Gasteiger partial charge in [-0.15, -0.1) is 0 Å². The summed E-state index contributed by atoms with van der Waals surface area (Å²) in [6.07, 6.45) is 2.23. The molecular weight excluding hydrogens is 217 g/mol. The van der Waals surface area contributed by atoms with Crippen LogP contribution in [0.2, 0.25) is 5.02 Å². The maximum Gasteiger partial charge on any atom is 0.146 e. The topological polar surface area (TPSA) is 32.3 Å². The van der Waals surface area contributed by atoms with Crippen LogP contribution in [0.15, 0.2) is 18.2 Å². The molecule has 2 rings (SSSR count). The lowest BCUT2D eigenvalue weighted by Gasteiger charge is -2.18. The second-order valence-electron chi connectivity index (χ2n) is 3.87. The molecule has 0 aliphatic heterocycles. The first-order valence-electron chi connectivity index (χ1n) is 5.06. The van der Waals surface area contributed by atoms with E-state index in [0.717, 1.165) is 19.3 Å². The van der Waals surface area contributed by atoms with Gasteiger partial charge in [0, 0.05) is 5.02 Å². The molecule has 0 aromatic heterocycles. The fourth-order valence-electron chi connectivity index (χ4n) is 1.92. The zero-order valence-electron chi connectivity index (χ0n) is 8.21. The fourth-order valence-corrected chi connectivity index (χ4v) is 2.09. The van der Waals surface area contributed by atoms with Crippen molar-refractivity contribution >= 4 is 17.3 Å². The third-order valence-electron chi connectivity index (χ3n) is 2.75. The minimum atomic E-state index is -0.386. The van der Waals surface area contributed by atoms with Crippen molar-refractivity contribution in [1.82, 2.24) is 0 Å². The van der Waals surface area contributed by atoms with Gasteiger partial charge in [-0.05, 0) is 37.5 Å². The van der Waals surface area contributed by atoms with Gasteiger partial charge in [-0.3, -0.25) is 0 Å². The minimum Gasteiger partial charge on any atom is -0.391 e. The van der Waals surface area contributed by atoms with Crippen LogP contribution >= 0.6 is 11.6 Å². The van der Waals surface area contributed by atoms with E-state index < -0.39 is 0 Å². The van der Waals surface area contributed by atoms with Gasteiger partial charge in [0.05, 0.1) is 17.8 Å². The lowest BCUT2D eigenvalue weighted by Crippen LogP contribution is -2.28. The normalized spacial score (nSPS) is 25.5. The van der Waals surface area contributed by atoms with Crippen molar-refractivity contribution in [2.45, 2.75) is 31.4 Å². The van der Waals surface area contributed by atoms with Gasteiger partial charge in [-0.25, -0.2) is 4.39 Å². The molecule has 0 bridgehead atoms. The van der Waals surface area contributed by atoms with E-state index in [1.807, 2.05) is 0 Å². The van der Waals surface area contributed by atoms with Crippen LogP contribution in [-0.4, -0.2) is 17.3 Å². The van der Waals surface area contributed by atoms with Gasteiger partial charge in [0.1, 0.15) is 5.82 Å². The number of hydrogen-bond donors (Lipinski definition) is 2. The first-order chi connectivity index (χ1) is 7.16. The molecule has 0 heterocycles. The summed E-state index contributed by atoms with van der Waals surface area (Å²) in [5.41, 5.74) is 0.369. The summed E-state index contributed by atoms with van der Waals surface area (Å²) in [6, 6.07) is 4.32. The van der Waals surface area contributed by atoms with Crippen molar-refractivity contribution in [3.63, 3.8) is 0 Å². The number of benzene rings is 1. The maximum atomic E-state index is 13.3. The standard InChI is InChI=1S/C11H13ClFNO/c12-7-4-5-8(13)10(6-7)14-9-2-1-3-11(9)15/h4-6,9,11,14-15H,1-3H2/t9-,11-/m0/s1. The predicted molar refractivity (Wildman–Crippen MR) is 58.7 cm³/mol. The molecule has 1 fully saturated rings. The Morgan fingerprint density at radius 1 is 1.40 bits per heavy atom. The summed E-state index contributed by atoms with van der Waals surface area (Å²) in [5, 5.41) is 13.1. The molecular formula is C11H13ClFNO. The van der Waals surface area contributed by atoms with Crippen molar-refractivity contribution in [2.75, 3.05) is 5.32 Å². The van der Waals surface area contributed by atoms with Crippen molar-refractivity contribution < 1.29 is 9.50 Å². The van der Waals surface area contributed by atoms with Crippen molar-refractivity contribution in [1.29, 1.82) is 0 Å². The first kappa shape index (κ1) is 10.7. The zero-order valence-corrected chi connectivity index (χ0v) is 8.97. The average molecular weight is 230 g/mol. The maximum absolute atomic E-state index is 13.3. The fraction of sp³-hybridized carbons (Fsp3) is 0.455. The van der Waals surface area contributed by atoms with Gasteiger partial charge in [0.15, 0.2) is 0 Å². The van der Waals surface area contributed by atoms with E-state index in [4.69, 9.17) is 11.6 Å².